The monoisotopic (exact) mass is 598 g/mol. The molecule has 0 aliphatic heterocycles. The summed E-state index contributed by atoms with van der Waals surface area (Å²) in [5.74, 6) is -0.332. The quantitative estimate of drug-likeness (QED) is 0.267. The lowest BCUT2D eigenvalue weighted by Crippen LogP contribution is -2.40. The molecule has 0 saturated heterocycles. The maximum Gasteiger partial charge on any atom is 0.330 e. The molecule has 41 heavy (non-hydrogen) atoms. The third-order valence-corrected chi connectivity index (χ3v) is 6.91. The van der Waals surface area contributed by atoms with Crippen LogP contribution in [0.4, 0.5) is 5.69 Å². The fourth-order valence-corrected chi connectivity index (χ4v) is 4.69. The lowest BCUT2D eigenvalue weighted by molar-refractivity contribution is 0.102. The fraction of sp³-hybridized carbons (Fsp3) is 0.250. The Bertz CT molecular complexity index is 1730. The molecule has 0 unspecified atom stereocenters. The number of amides is 1. The van der Waals surface area contributed by atoms with Gasteiger partial charge in [-0.2, -0.15) is 0 Å². The van der Waals surface area contributed by atoms with Crippen molar-refractivity contribution in [3.63, 3.8) is 0 Å². The van der Waals surface area contributed by atoms with Gasteiger partial charge in [-0.25, -0.2) is 9.78 Å². The van der Waals surface area contributed by atoms with E-state index < -0.39 is 23.3 Å². The molecule has 0 aliphatic rings. The number of rotatable bonds is 9. The maximum atomic E-state index is 12.9. The zero-order valence-corrected chi connectivity index (χ0v) is 24.2. The number of carbonyl (C=O) groups excluding carboxylic acids is 1. The number of carbonyl (C=O) groups is 1. The Hall–Kier alpha value is -4.03. The summed E-state index contributed by atoms with van der Waals surface area (Å²) in [5, 5.41) is 15.9. The second kappa shape index (κ2) is 12.6. The number of hydrogen-bond donors (Lipinski definition) is 3. The molecular formula is C28H28Cl2N6O5. The van der Waals surface area contributed by atoms with Gasteiger partial charge in [0.15, 0.2) is 0 Å². The van der Waals surface area contributed by atoms with Crippen molar-refractivity contribution in [2.24, 2.45) is 14.1 Å². The number of benzene rings is 1. The Morgan fingerprint density at radius 2 is 1.93 bits per heavy atom. The Kier molecular flexibility index (Phi) is 9.24. The van der Waals surface area contributed by atoms with Crippen LogP contribution in [0.5, 0.6) is 5.88 Å². The van der Waals surface area contributed by atoms with Crippen LogP contribution >= 0.6 is 23.2 Å². The van der Waals surface area contributed by atoms with Gasteiger partial charge < -0.3 is 25.0 Å². The van der Waals surface area contributed by atoms with Crippen molar-refractivity contribution >= 4 is 34.8 Å². The van der Waals surface area contributed by atoms with Gasteiger partial charge in [-0.15, -0.1) is 0 Å². The largest absolute Gasteiger partial charge is 0.481 e. The van der Waals surface area contributed by atoms with Crippen LogP contribution < -0.4 is 26.6 Å². The lowest BCUT2D eigenvalue weighted by atomic mass is 10.1. The normalized spacial score (nSPS) is 11.8. The van der Waals surface area contributed by atoms with Crippen LogP contribution in [-0.4, -0.2) is 49.9 Å². The molecule has 214 valence electrons. The number of pyridine rings is 2. The van der Waals surface area contributed by atoms with E-state index in [0.29, 0.717) is 46.5 Å². The third kappa shape index (κ3) is 6.49. The Morgan fingerprint density at radius 3 is 2.63 bits per heavy atom. The van der Waals surface area contributed by atoms with Crippen LogP contribution in [0.25, 0.3) is 22.5 Å². The smallest absolute Gasteiger partial charge is 0.330 e. The first-order chi connectivity index (χ1) is 19.5. The SMILES string of the molecule is COc1nc(-c2ccnc(-c3cccc(NC(=O)c4cn(C)c(=O)n(C)c4=O)c3Cl)c2)c(Cl)cc1CNC[C@H](C)O. The van der Waals surface area contributed by atoms with Crippen molar-refractivity contribution in [1.29, 1.82) is 0 Å². The van der Waals surface area contributed by atoms with Crippen LogP contribution in [-0.2, 0) is 20.6 Å². The number of aliphatic hydroxyl groups excluding tert-OH is 1. The van der Waals surface area contributed by atoms with Gasteiger partial charge >= 0.3 is 5.69 Å². The number of nitrogens with zero attached hydrogens (tertiary/aromatic N) is 4. The Labute approximate surface area is 245 Å². The van der Waals surface area contributed by atoms with E-state index in [2.05, 4.69) is 20.6 Å². The van der Waals surface area contributed by atoms with E-state index in [9.17, 15) is 19.5 Å². The van der Waals surface area contributed by atoms with Crippen molar-refractivity contribution in [3.8, 4) is 28.4 Å². The number of aromatic nitrogens is 4. The van der Waals surface area contributed by atoms with Crippen LogP contribution in [0.2, 0.25) is 10.0 Å². The van der Waals surface area contributed by atoms with E-state index in [-0.39, 0.29) is 16.3 Å². The molecule has 4 aromatic rings. The highest BCUT2D eigenvalue weighted by Crippen LogP contribution is 2.36. The zero-order valence-electron chi connectivity index (χ0n) is 22.7. The Balaban J connectivity index is 1.66. The molecule has 13 heteroatoms. The maximum absolute atomic E-state index is 12.9. The topological polar surface area (TPSA) is 140 Å². The predicted molar refractivity (Wildman–Crippen MR) is 158 cm³/mol. The van der Waals surface area contributed by atoms with Crippen LogP contribution in [0.15, 0.2) is 58.4 Å². The minimum absolute atomic E-state index is 0.198. The summed E-state index contributed by atoms with van der Waals surface area (Å²) in [6.45, 7) is 2.49. The summed E-state index contributed by atoms with van der Waals surface area (Å²) >= 11 is 13.3. The first kappa shape index (κ1) is 29.9. The molecule has 0 spiro atoms. The molecule has 4 rings (SSSR count). The highest BCUT2D eigenvalue weighted by Gasteiger charge is 2.19. The molecule has 0 radical (unpaired) electrons. The number of aryl methyl sites for hydroxylation is 1. The second-order valence-electron chi connectivity index (χ2n) is 9.32. The molecule has 1 amide bonds. The van der Waals surface area contributed by atoms with Gasteiger partial charge in [0.25, 0.3) is 11.5 Å². The van der Waals surface area contributed by atoms with Crippen molar-refractivity contribution in [2.75, 3.05) is 19.0 Å². The highest BCUT2D eigenvalue weighted by molar-refractivity contribution is 6.36. The van der Waals surface area contributed by atoms with Gasteiger partial charge in [0.1, 0.15) is 5.56 Å². The number of nitrogens with one attached hydrogen (secondary N) is 2. The van der Waals surface area contributed by atoms with Crippen molar-refractivity contribution < 1.29 is 14.6 Å². The van der Waals surface area contributed by atoms with Gasteiger partial charge in [0, 0.05) is 56.3 Å². The minimum Gasteiger partial charge on any atom is -0.481 e. The summed E-state index contributed by atoms with van der Waals surface area (Å²) in [6.07, 6.45) is 2.27. The molecular weight excluding hydrogens is 571 g/mol. The van der Waals surface area contributed by atoms with E-state index in [1.807, 2.05) is 0 Å². The molecule has 0 fully saturated rings. The van der Waals surface area contributed by atoms with E-state index in [1.54, 1.807) is 49.5 Å². The number of aliphatic hydroxyl groups is 1. The van der Waals surface area contributed by atoms with E-state index in [4.69, 9.17) is 27.9 Å². The van der Waals surface area contributed by atoms with Gasteiger partial charge in [-0.1, -0.05) is 35.3 Å². The molecule has 1 aromatic carbocycles. The second-order valence-corrected chi connectivity index (χ2v) is 10.1. The molecule has 0 aliphatic carbocycles. The van der Waals surface area contributed by atoms with Gasteiger partial charge in [-0.3, -0.25) is 19.1 Å². The Morgan fingerprint density at radius 1 is 1.17 bits per heavy atom. The molecule has 1 atom stereocenters. The number of halogens is 2. The van der Waals surface area contributed by atoms with Crippen LogP contribution in [0.3, 0.4) is 0 Å². The summed E-state index contributed by atoms with van der Waals surface area (Å²) in [4.78, 5) is 46.5. The van der Waals surface area contributed by atoms with E-state index >= 15 is 0 Å². The van der Waals surface area contributed by atoms with Crippen molar-refractivity contribution in [3.05, 3.63) is 90.8 Å². The predicted octanol–water partition coefficient (Wildman–Crippen LogP) is 3.25. The number of hydrogen-bond acceptors (Lipinski definition) is 8. The van der Waals surface area contributed by atoms with E-state index in [0.717, 1.165) is 14.7 Å². The number of ether oxygens (including phenoxy) is 1. The highest BCUT2D eigenvalue weighted by atomic mass is 35.5. The van der Waals surface area contributed by atoms with Crippen molar-refractivity contribution in [1.82, 2.24) is 24.4 Å². The number of methoxy groups -OCH3 is 1. The van der Waals surface area contributed by atoms with Gasteiger partial charge in [0.2, 0.25) is 5.88 Å². The fourth-order valence-electron chi connectivity index (χ4n) is 4.14. The third-order valence-electron chi connectivity index (χ3n) is 6.21. The summed E-state index contributed by atoms with van der Waals surface area (Å²) < 4.78 is 7.49. The molecule has 0 bridgehead atoms. The van der Waals surface area contributed by atoms with Gasteiger partial charge in [0.05, 0.1) is 40.3 Å². The summed E-state index contributed by atoms with van der Waals surface area (Å²) in [6, 6.07) is 10.3. The first-order valence-electron chi connectivity index (χ1n) is 12.5. The lowest BCUT2D eigenvalue weighted by Gasteiger charge is -2.14. The first-order valence-corrected chi connectivity index (χ1v) is 13.2. The minimum atomic E-state index is -0.725. The average Bonchev–Trinajstić information content (AvgIpc) is 2.95. The molecule has 0 saturated carbocycles. The van der Waals surface area contributed by atoms with Crippen LogP contribution in [0.1, 0.15) is 22.8 Å². The number of anilines is 1. The molecule has 3 heterocycles. The molecule has 3 aromatic heterocycles. The van der Waals surface area contributed by atoms with Crippen LogP contribution in [0, 0.1) is 0 Å². The molecule has 3 N–H and O–H groups in total. The van der Waals surface area contributed by atoms with Crippen molar-refractivity contribution in [2.45, 2.75) is 19.6 Å². The summed E-state index contributed by atoms with van der Waals surface area (Å²) in [5.41, 5.74) is 1.63. The molecule has 11 nitrogen and oxygen atoms in total. The standard InChI is InChI=1S/C28H28Cl2N6O5/c1-15(37)12-31-13-17-10-20(29)24(34-26(17)41-4)16-8-9-32-22(11-16)18-6-5-7-21(23(18)30)33-25(38)19-14-35(2)28(40)36(3)27(19)39/h5-11,14-15,31,37H,12-13H2,1-4H3,(H,33,38)/t15-/m0/s1. The van der Waals surface area contributed by atoms with Gasteiger partial charge in [-0.05, 0) is 31.2 Å². The zero-order chi connectivity index (χ0) is 29.8. The van der Waals surface area contributed by atoms with E-state index in [1.165, 1.54) is 27.4 Å². The summed E-state index contributed by atoms with van der Waals surface area (Å²) in [7, 11) is 4.26. The average molecular weight is 599 g/mol.